The van der Waals surface area contributed by atoms with Crippen molar-refractivity contribution in [2.75, 3.05) is 26.1 Å². The summed E-state index contributed by atoms with van der Waals surface area (Å²) in [6.45, 7) is 3.23. The van der Waals surface area contributed by atoms with Gasteiger partial charge in [0.25, 0.3) is 5.91 Å². The number of nitrogens with zero attached hydrogens (tertiary/aromatic N) is 2. The lowest BCUT2D eigenvalue weighted by molar-refractivity contribution is -0.140. The van der Waals surface area contributed by atoms with Crippen LogP contribution in [0.15, 0.2) is 59.2 Å². The molecule has 8 heteroatoms. The summed E-state index contributed by atoms with van der Waals surface area (Å²) in [6, 6.07) is 15.0. The van der Waals surface area contributed by atoms with Crippen molar-refractivity contribution < 1.29 is 19.1 Å². The van der Waals surface area contributed by atoms with Gasteiger partial charge in [-0.15, -0.1) is 12.4 Å². The van der Waals surface area contributed by atoms with Gasteiger partial charge in [0.15, 0.2) is 0 Å². The number of para-hydroxylation sites is 1. The number of amides is 1. The maximum atomic E-state index is 13.6. The molecule has 2 aromatic rings. The van der Waals surface area contributed by atoms with Crippen LogP contribution in [0.4, 0.5) is 5.69 Å². The normalized spacial score (nSPS) is 14.6. The SMILES string of the molecule is COc1ccc(C2=C(OC(C)=O)C(=O)N(C(C)N(C)C)c3ccccc3S2)cc1.Cl. The lowest BCUT2D eigenvalue weighted by Gasteiger charge is -2.33. The van der Waals surface area contributed by atoms with Crippen molar-refractivity contribution in [2.45, 2.75) is 24.9 Å². The van der Waals surface area contributed by atoms with Gasteiger partial charge < -0.3 is 9.47 Å². The first-order valence-electron chi connectivity index (χ1n) is 9.17. The first kappa shape index (κ1) is 23.8. The number of fused-ring (bicyclic) bond motifs is 1. The maximum absolute atomic E-state index is 13.6. The zero-order chi connectivity index (χ0) is 21.1. The molecule has 1 aliphatic heterocycles. The van der Waals surface area contributed by atoms with Gasteiger partial charge in [-0.1, -0.05) is 36.0 Å². The number of anilines is 1. The summed E-state index contributed by atoms with van der Waals surface area (Å²) in [5.41, 5.74) is 1.55. The van der Waals surface area contributed by atoms with Gasteiger partial charge in [0.1, 0.15) is 5.75 Å². The summed E-state index contributed by atoms with van der Waals surface area (Å²) in [7, 11) is 5.40. The first-order chi connectivity index (χ1) is 13.8. The van der Waals surface area contributed by atoms with Crippen LogP contribution in [0.1, 0.15) is 19.4 Å². The molecule has 0 saturated heterocycles. The van der Waals surface area contributed by atoms with Gasteiger partial charge in [0, 0.05) is 11.8 Å². The van der Waals surface area contributed by atoms with Crippen molar-refractivity contribution in [3.63, 3.8) is 0 Å². The topological polar surface area (TPSA) is 59.1 Å². The van der Waals surface area contributed by atoms with E-state index in [1.165, 1.54) is 18.7 Å². The third kappa shape index (κ3) is 4.80. The number of rotatable bonds is 5. The molecule has 2 aromatic carbocycles. The molecule has 30 heavy (non-hydrogen) atoms. The molecular formula is C22H25ClN2O4S. The van der Waals surface area contributed by atoms with Crippen molar-refractivity contribution >= 4 is 46.6 Å². The summed E-state index contributed by atoms with van der Waals surface area (Å²) in [5, 5.41) is 0. The molecule has 6 nitrogen and oxygen atoms in total. The van der Waals surface area contributed by atoms with Gasteiger partial charge in [-0.05, 0) is 50.8 Å². The molecule has 1 aliphatic rings. The van der Waals surface area contributed by atoms with E-state index in [0.29, 0.717) is 10.7 Å². The smallest absolute Gasteiger partial charge is 0.308 e. The second kappa shape index (κ2) is 10.0. The lowest BCUT2D eigenvalue weighted by atomic mass is 10.1. The zero-order valence-electron chi connectivity index (χ0n) is 17.5. The third-order valence-corrected chi connectivity index (χ3v) is 5.87. The Morgan fingerprint density at radius 2 is 1.73 bits per heavy atom. The van der Waals surface area contributed by atoms with E-state index >= 15 is 0 Å². The number of carbonyl (C=O) groups excluding carboxylic acids is 2. The van der Waals surface area contributed by atoms with E-state index in [2.05, 4.69) is 0 Å². The Balaban J connectivity index is 0.00000320. The maximum Gasteiger partial charge on any atom is 0.308 e. The fourth-order valence-corrected chi connectivity index (χ4v) is 4.10. The van der Waals surface area contributed by atoms with Crippen LogP contribution >= 0.6 is 24.2 Å². The average Bonchev–Trinajstić information content (AvgIpc) is 2.82. The van der Waals surface area contributed by atoms with Gasteiger partial charge in [0.2, 0.25) is 5.76 Å². The molecule has 0 N–H and O–H groups in total. The minimum absolute atomic E-state index is 0. The van der Waals surface area contributed by atoms with Crippen LogP contribution in [0.5, 0.6) is 5.75 Å². The first-order valence-corrected chi connectivity index (χ1v) is 9.99. The van der Waals surface area contributed by atoms with Crippen molar-refractivity contribution in [3.05, 3.63) is 59.9 Å². The van der Waals surface area contributed by atoms with Crippen LogP contribution in [-0.4, -0.2) is 44.1 Å². The second-order valence-electron chi connectivity index (χ2n) is 6.82. The van der Waals surface area contributed by atoms with Crippen LogP contribution in [0.2, 0.25) is 0 Å². The molecule has 1 heterocycles. The number of methoxy groups -OCH3 is 1. The number of thioether (sulfide) groups is 1. The Kier molecular flexibility index (Phi) is 7.95. The highest BCUT2D eigenvalue weighted by molar-refractivity contribution is 8.08. The molecular weight excluding hydrogens is 424 g/mol. The van der Waals surface area contributed by atoms with Gasteiger partial charge in [-0.25, -0.2) is 0 Å². The van der Waals surface area contributed by atoms with E-state index in [9.17, 15) is 9.59 Å². The number of hydrogen-bond donors (Lipinski definition) is 0. The predicted octanol–water partition coefficient (Wildman–Crippen LogP) is 4.40. The predicted molar refractivity (Wildman–Crippen MR) is 122 cm³/mol. The minimum Gasteiger partial charge on any atom is -0.497 e. The minimum atomic E-state index is -0.539. The Labute approximate surface area is 187 Å². The highest BCUT2D eigenvalue weighted by atomic mass is 35.5. The summed E-state index contributed by atoms with van der Waals surface area (Å²) >= 11 is 1.41. The van der Waals surface area contributed by atoms with Gasteiger partial charge in [0.05, 0.1) is 23.9 Å². The molecule has 1 atom stereocenters. The molecule has 3 rings (SSSR count). The molecule has 0 aromatic heterocycles. The van der Waals surface area contributed by atoms with Crippen molar-refractivity contribution in [1.29, 1.82) is 0 Å². The fraction of sp³-hybridized carbons (Fsp3) is 0.273. The quantitative estimate of drug-likeness (QED) is 0.632. The number of halogens is 1. The second-order valence-corrected chi connectivity index (χ2v) is 7.87. The third-order valence-electron chi connectivity index (χ3n) is 4.68. The summed E-state index contributed by atoms with van der Waals surface area (Å²) in [5.74, 6) is -0.165. The van der Waals surface area contributed by atoms with Crippen LogP contribution in [0.25, 0.3) is 4.91 Å². The molecule has 0 spiro atoms. The lowest BCUT2D eigenvalue weighted by Crippen LogP contribution is -2.47. The number of esters is 1. The molecule has 0 saturated carbocycles. The van der Waals surface area contributed by atoms with E-state index in [0.717, 1.165) is 16.1 Å². The van der Waals surface area contributed by atoms with Gasteiger partial charge >= 0.3 is 5.97 Å². The van der Waals surface area contributed by atoms with Crippen molar-refractivity contribution in [2.24, 2.45) is 0 Å². The highest BCUT2D eigenvalue weighted by Gasteiger charge is 2.35. The summed E-state index contributed by atoms with van der Waals surface area (Å²) in [4.78, 5) is 30.6. The van der Waals surface area contributed by atoms with E-state index < -0.39 is 5.97 Å². The van der Waals surface area contributed by atoms with Crippen LogP contribution in [-0.2, 0) is 14.3 Å². The standard InChI is InChI=1S/C22H24N2O4S.ClH/c1-14(23(3)4)24-18-8-6-7-9-19(18)29-21(20(22(24)26)28-15(2)25)16-10-12-17(27-5)13-11-16;/h6-14H,1-5H3;1H. The van der Waals surface area contributed by atoms with Crippen molar-refractivity contribution in [1.82, 2.24) is 4.90 Å². The van der Waals surface area contributed by atoms with E-state index in [1.54, 1.807) is 12.0 Å². The van der Waals surface area contributed by atoms with E-state index in [1.807, 2.05) is 74.4 Å². The number of hydrogen-bond acceptors (Lipinski definition) is 6. The van der Waals surface area contributed by atoms with Crippen molar-refractivity contribution in [3.8, 4) is 5.75 Å². The van der Waals surface area contributed by atoms with Crippen LogP contribution in [0.3, 0.4) is 0 Å². The molecule has 0 fully saturated rings. The number of benzene rings is 2. The number of carbonyl (C=O) groups is 2. The molecule has 0 aliphatic carbocycles. The van der Waals surface area contributed by atoms with Gasteiger partial charge in [-0.2, -0.15) is 0 Å². The van der Waals surface area contributed by atoms with E-state index in [-0.39, 0.29) is 30.2 Å². The fourth-order valence-electron chi connectivity index (χ4n) is 2.98. The number of ether oxygens (including phenoxy) is 2. The van der Waals surface area contributed by atoms with Crippen LogP contribution in [0, 0.1) is 0 Å². The highest BCUT2D eigenvalue weighted by Crippen LogP contribution is 2.46. The van der Waals surface area contributed by atoms with Gasteiger partial charge in [-0.3, -0.25) is 19.4 Å². The average molecular weight is 449 g/mol. The largest absolute Gasteiger partial charge is 0.497 e. The summed E-state index contributed by atoms with van der Waals surface area (Å²) < 4.78 is 10.7. The molecule has 1 unspecified atom stereocenters. The Morgan fingerprint density at radius 3 is 2.30 bits per heavy atom. The van der Waals surface area contributed by atoms with E-state index in [4.69, 9.17) is 9.47 Å². The molecule has 1 amide bonds. The Bertz CT molecular complexity index is 960. The monoisotopic (exact) mass is 448 g/mol. The summed E-state index contributed by atoms with van der Waals surface area (Å²) in [6.07, 6.45) is -0.245. The zero-order valence-corrected chi connectivity index (χ0v) is 19.2. The Hall–Kier alpha value is -2.48. The Morgan fingerprint density at radius 1 is 1.10 bits per heavy atom. The molecule has 0 radical (unpaired) electrons. The molecule has 160 valence electrons. The van der Waals surface area contributed by atoms with Crippen LogP contribution < -0.4 is 9.64 Å². The molecule has 0 bridgehead atoms.